The summed E-state index contributed by atoms with van der Waals surface area (Å²) >= 11 is 0. The highest BCUT2D eigenvalue weighted by Crippen LogP contribution is 2.57. The maximum Gasteiger partial charge on any atom is 0.0125 e. The van der Waals surface area contributed by atoms with Crippen LogP contribution in [0.5, 0.6) is 0 Å². The van der Waals surface area contributed by atoms with Crippen LogP contribution in [0.3, 0.4) is 0 Å². The molecular weight excluding hydrogens is 230 g/mol. The van der Waals surface area contributed by atoms with Crippen molar-refractivity contribution in [2.75, 3.05) is 13.1 Å². The summed E-state index contributed by atoms with van der Waals surface area (Å²) in [6.07, 6.45) is 4.04. The summed E-state index contributed by atoms with van der Waals surface area (Å²) in [4.78, 5) is 2.69. The zero-order valence-electron chi connectivity index (χ0n) is 15.0. The Kier molecular flexibility index (Phi) is 4.53. The average molecular weight is 268 g/mol. The molecule has 1 nitrogen and oxygen atoms in total. The lowest BCUT2D eigenvalue weighted by atomic mass is 9.51. The second kappa shape index (κ2) is 5.06. The van der Waals surface area contributed by atoms with Crippen molar-refractivity contribution in [2.45, 2.75) is 87.1 Å². The second-order valence-electron chi connectivity index (χ2n) is 9.59. The van der Waals surface area contributed by atoms with Gasteiger partial charge in [0, 0.05) is 5.54 Å². The van der Waals surface area contributed by atoms with Gasteiger partial charge in [0.25, 0.3) is 0 Å². The van der Waals surface area contributed by atoms with E-state index >= 15 is 0 Å². The molecule has 0 bridgehead atoms. The Bertz CT molecular complexity index is 281. The van der Waals surface area contributed by atoms with E-state index in [0.29, 0.717) is 21.8 Å². The van der Waals surface area contributed by atoms with Gasteiger partial charge in [-0.2, -0.15) is 0 Å². The molecule has 0 radical (unpaired) electrons. The van der Waals surface area contributed by atoms with Crippen LogP contribution in [0.25, 0.3) is 0 Å². The first-order valence-electron chi connectivity index (χ1n) is 8.06. The van der Waals surface area contributed by atoms with Crippen LogP contribution in [0.15, 0.2) is 0 Å². The molecule has 0 unspecified atom stereocenters. The molecule has 0 aromatic heterocycles. The summed E-state index contributed by atoms with van der Waals surface area (Å²) in [5.74, 6) is 0. The molecule has 1 rings (SSSR count). The Balaban J connectivity index is 3.05. The minimum atomic E-state index is 0.311. The average Bonchev–Trinajstić information content (AvgIpc) is 2.36. The molecule has 1 aliphatic rings. The van der Waals surface area contributed by atoms with Crippen molar-refractivity contribution < 1.29 is 0 Å². The van der Waals surface area contributed by atoms with Gasteiger partial charge < -0.3 is 0 Å². The molecule has 0 aromatic rings. The van der Waals surface area contributed by atoms with E-state index < -0.39 is 0 Å². The fourth-order valence-corrected chi connectivity index (χ4v) is 4.43. The van der Waals surface area contributed by atoms with Crippen molar-refractivity contribution in [1.29, 1.82) is 0 Å². The molecule has 1 saturated heterocycles. The standard InChI is InChI=1S/C18H37N/c1-15(2,3)18(16(4,5)6)11-10-13-19(14-12-18)17(7,8)9/h10-14H2,1-9H3. The molecule has 114 valence electrons. The van der Waals surface area contributed by atoms with Crippen molar-refractivity contribution in [1.82, 2.24) is 4.90 Å². The van der Waals surface area contributed by atoms with Crippen LogP contribution >= 0.6 is 0 Å². The predicted octanol–water partition coefficient (Wildman–Crippen LogP) is 5.35. The Morgan fingerprint density at radius 3 is 1.53 bits per heavy atom. The van der Waals surface area contributed by atoms with E-state index in [0.717, 1.165) is 0 Å². The van der Waals surface area contributed by atoms with Gasteiger partial charge in [-0.1, -0.05) is 41.5 Å². The molecule has 1 heteroatoms. The zero-order chi connectivity index (χ0) is 15.1. The van der Waals surface area contributed by atoms with Crippen LogP contribution < -0.4 is 0 Å². The molecule has 0 aromatic carbocycles. The van der Waals surface area contributed by atoms with Crippen LogP contribution in [0, 0.1) is 16.2 Å². The lowest BCUT2D eigenvalue weighted by Gasteiger charge is -2.54. The summed E-state index contributed by atoms with van der Waals surface area (Å²) in [6, 6.07) is 0. The van der Waals surface area contributed by atoms with E-state index in [2.05, 4.69) is 67.2 Å². The van der Waals surface area contributed by atoms with Gasteiger partial charge in [-0.05, 0) is 69.4 Å². The first kappa shape index (κ1) is 17.0. The Morgan fingerprint density at radius 2 is 1.16 bits per heavy atom. The predicted molar refractivity (Wildman–Crippen MR) is 86.5 cm³/mol. The Hall–Kier alpha value is -0.0400. The largest absolute Gasteiger partial charge is 0.298 e. The first-order chi connectivity index (χ1) is 8.31. The maximum absolute atomic E-state index is 2.69. The molecule has 0 N–H and O–H groups in total. The number of nitrogens with zero attached hydrogens (tertiary/aromatic N) is 1. The molecule has 1 fully saturated rings. The molecule has 0 atom stereocenters. The Morgan fingerprint density at radius 1 is 0.684 bits per heavy atom. The Labute approximate surface area is 122 Å². The maximum atomic E-state index is 2.69. The summed E-state index contributed by atoms with van der Waals surface area (Å²) < 4.78 is 0. The summed E-state index contributed by atoms with van der Waals surface area (Å²) in [5, 5.41) is 0. The molecule has 0 aliphatic carbocycles. The number of likely N-dealkylation sites (tertiary alicyclic amines) is 1. The highest BCUT2D eigenvalue weighted by Gasteiger charge is 2.50. The fraction of sp³-hybridized carbons (Fsp3) is 1.00. The summed E-state index contributed by atoms with van der Waals surface area (Å²) in [5.41, 5.74) is 1.50. The lowest BCUT2D eigenvalue weighted by molar-refractivity contribution is -0.0470. The third kappa shape index (κ3) is 3.35. The summed E-state index contributed by atoms with van der Waals surface area (Å²) in [6.45, 7) is 24.3. The van der Waals surface area contributed by atoms with Crippen molar-refractivity contribution >= 4 is 0 Å². The topological polar surface area (TPSA) is 3.24 Å². The quantitative estimate of drug-likeness (QED) is 0.572. The minimum absolute atomic E-state index is 0.311. The molecule has 0 saturated carbocycles. The highest BCUT2D eigenvalue weighted by molar-refractivity contribution is 5.00. The van der Waals surface area contributed by atoms with E-state index in [9.17, 15) is 0 Å². The molecule has 1 heterocycles. The van der Waals surface area contributed by atoms with Gasteiger partial charge in [-0.25, -0.2) is 0 Å². The van der Waals surface area contributed by atoms with Crippen molar-refractivity contribution in [3.05, 3.63) is 0 Å². The molecule has 1 aliphatic heterocycles. The van der Waals surface area contributed by atoms with E-state index in [4.69, 9.17) is 0 Å². The number of hydrogen-bond donors (Lipinski definition) is 0. The van der Waals surface area contributed by atoms with Crippen LogP contribution in [0.1, 0.15) is 81.6 Å². The fourth-order valence-electron chi connectivity index (χ4n) is 4.43. The monoisotopic (exact) mass is 267 g/mol. The van der Waals surface area contributed by atoms with Gasteiger partial charge in [0.1, 0.15) is 0 Å². The lowest BCUT2D eigenvalue weighted by Crippen LogP contribution is -2.48. The van der Waals surface area contributed by atoms with Crippen molar-refractivity contribution in [2.24, 2.45) is 16.2 Å². The van der Waals surface area contributed by atoms with Gasteiger partial charge in [0.05, 0.1) is 0 Å². The SMILES string of the molecule is CC(C)(C)N1CCCC(C(C)(C)C)(C(C)(C)C)CC1. The molecule has 0 amide bonds. The third-order valence-electron chi connectivity index (χ3n) is 5.66. The van der Waals surface area contributed by atoms with Gasteiger partial charge >= 0.3 is 0 Å². The molecule has 19 heavy (non-hydrogen) atoms. The first-order valence-corrected chi connectivity index (χ1v) is 8.06. The minimum Gasteiger partial charge on any atom is -0.298 e. The van der Waals surface area contributed by atoms with Gasteiger partial charge in [0.2, 0.25) is 0 Å². The van der Waals surface area contributed by atoms with Crippen molar-refractivity contribution in [3.8, 4) is 0 Å². The second-order valence-corrected chi connectivity index (χ2v) is 9.59. The van der Waals surface area contributed by atoms with Gasteiger partial charge in [-0.15, -0.1) is 0 Å². The smallest absolute Gasteiger partial charge is 0.0125 e. The molecular formula is C18H37N. The van der Waals surface area contributed by atoms with Gasteiger partial charge in [0.15, 0.2) is 0 Å². The van der Waals surface area contributed by atoms with E-state index in [1.807, 2.05) is 0 Å². The highest BCUT2D eigenvalue weighted by atomic mass is 15.2. The normalized spacial score (nSPS) is 23.2. The zero-order valence-corrected chi connectivity index (χ0v) is 15.0. The number of hydrogen-bond acceptors (Lipinski definition) is 1. The van der Waals surface area contributed by atoms with E-state index in [-0.39, 0.29) is 0 Å². The summed E-state index contributed by atoms with van der Waals surface area (Å²) in [7, 11) is 0. The van der Waals surface area contributed by atoms with Crippen LogP contribution in [-0.4, -0.2) is 23.5 Å². The van der Waals surface area contributed by atoms with Crippen LogP contribution in [-0.2, 0) is 0 Å². The van der Waals surface area contributed by atoms with Gasteiger partial charge in [-0.3, -0.25) is 4.90 Å². The third-order valence-corrected chi connectivity index (χ3v) is 5.66. The van der Waals surface area contributed by atoms with Crippen molar-refractivity contribution in [3.63, 3.8) is 0 Å². The van der Waals surface area contributed by atoms with Crippen LogP contribution in [0.4, 0.5) is 0 Å². The molecule has 0 spiro atoms. The van der Waals surface area contributed by atoms with E-state index in [1.54, 1.807) is 0 Å². The number of rotatable bonds is 0. The van der Waals surface area contributed by atoms with Crippen LogP contribution in [0.2, 0.25) is 0 Å². The van der Waals surface area contributed by atoms with E-state index in [1.165, 1.54) is 32.4 Å².